The number of hydrogen-bond acceptors (Lipinski definition) is 9. The van der Waals surface area contributed by atoms with Gasteiger partial charge in [0.05, 0.1) is 13.5 Å². The zero-order valence-electron chi connectivity index (χ0n) is 32.5. The van der Waals surface area contributed by atoms with Crippen LogP contribution in [0.5, 0.6) is 5.88 Å². The standard InChI is InChI=1S/C24H32N4O3.C20H28N2O2/c1-31-22-9-7-17(15-27-22)21(14-23(29)30)18-12-20(13-18)25-10-3-5-19-8-6-16-4-2-11-26-24(16)28-19;23-18(24)8-4-15-12-20(13-15)10-14(11-20)3-6-17-7-5-16-2-1-9-21-19(16)22-17/h6-9,15,18,20-21,25H,2-5,10-14H2,1H3,(H,26,28)(H,29,30);5,7,14-15H,1-4,6,8-13H2,(H,21,22)(H,23,24). The van der Waals surface area contributed by atoms with E-state index in [4.69, 9.17) is 19.8 Å². The summed E-state index contributed by atoms with van der Waals surface area (Å²) in [5.74, 6) is 3.24. The summed E-state index contributed by atoms with van der Waals surface area (Å²) < 4.78 is 5.12. The molecule has 5 N–H and O–H groups in total. The van der Waals surface area contributed by atoms with Crippen molar-refractivity contribution in [1.29, 1.82) is 0 Å². The zero-order chi connectivity index (χ0) is 38.2. The van der Waals surface area contributed by atoms with Crippen LogP contribution in [0.15, 0.2) is 42.6 Å². The maximum atomic E-state index is 11.4. The Balaban J connectivity index is 0.000000174. The summed E-state index contributed by atoms with van der Waals surface area (Å²) in [6.45, 7) is 3.03. The first-order valence-corrected chi connectivity index (χ1v) is 20.9. The van der Waals surface area contributed by atoms with Crippen molar-refractivity contribution in [2.75, 3.05) is 37.4 Å². The normalized spacial score (nSPS) is 25.2. The fourth-order valence-electron chi connectivity index (χ4n) is 9.98. The summed E-state index contributed by atoms with van der Waals surface area (Å²) >= 11 is 0. The van der Waals surface area contributed by atoms with Crippen LogP contribution >= 0.6 is 0 Å². The molecule has 1 unspecified atom stereocenters. The minimum atomic E-state index is -0.760. The van der Waals surface area contributed by atoms with Crippen molar-refractivity contribution < 1.29 is 24.5 Å². The molecule has 0 radical (unpaired) electrons. The Bertz CT molecular complexity index is 1750. The first-order valence-electron chi connectivity index (χ1n) is 20.9. The molecule has 0 saturated heterocycles. The van der Waals surface area contributed by atoms with Gasteiger partial charge in [0, 0.05) is 49.2 Å². The van der Waals surface area contributed by atoms with Crippen molar-refractivity contribution in [2.24, 2.45) is 23.2 Å². The van der Waals surface area contributed by atoms with E-state index in [9.17, 15) is 14.7 Å². The minimum Gasteiger partial charge on any atom is -0.481 e. The van der Waals surface area contributed by atoms with E-state index in [-0.39, 0.29) is 12.3 Å². The molecule has 0 amide bonds. The van der Waals surface area contributed by atoms with Crippen LogP contribution in [0.1, 0.15) is 117 Å². The summed E-state index contributed by atoms with van der Waals surface area (Å²) in [5, 5.41) is 28.6. The van der Waals surface area contributed by atoms with E-state index in [1.807, 2.05) is 12.1 Å². The largest absolute Gasteiger partial charge is 0.481 e. The summed E-state index contributed by atoms with van der Waals surface area (Å²) in [6, 6.07) is 13.1. The lowest BCUT2D eigenvalue weighted by atomic mass is 9.47. The van der Waals surface area contributed by atoms with Crippen molar-refractivity contribution in [3.05, 3.63) is 70.7 Å². The molecule has 5 aliphatic rings. The highest BCUT2D eigenvalue weighted by atomic mass is 16.5. The first-order chi connectivity index (χ1) is 26.7. The molecule has 2 aliphatic heterocycles. The van der Waals surface area contributed by atoms with E-state index in [1.54, 1.807) is 13.3 Å². The van der Waals surface area contributed by atoms with Gasteiger partial charge in [-0.3, -0.25) is 9.59 Å². The van der Waals surface area contributed by atoms with Gasteiger partial charge >= 0.3 is 11.9 Å². The average molecular weight is 753 g/mol. The SMILES string of the molecule is COc1ccc(C(CC(=O)O)C2CC(NCCCc3ccc4c(n3)NCCC4)C2)cn1.O=C(O)CCC1CC2(C1)CC(CCc1ccc3c(n1)NCCC3)C2. The molecule has 11 heteroatoms. The maximum absolute atomic E-state index is 11.4. The van der Waals surface area contributed by atoms with Gasteiger partial charge in [-0.2, -0.15) is 0 Å². The van der Waals surface area contributed by atoms with Crippen LogP contribution in [-0.2, 0) is 35.3 Å². The third-order valence-corrected chi connectivity index (χ3v) is 12.9. The van der Waals surface area contributed by atoms with E-state index >= 15 is 0 Å². The zero-order valence-corrected chi connectivity index (χ0v) is 32.5. The first kappa shape index (κ1) is 39.0. The van der Waals surface area contributed by atoms with Crippen LogP contribution in [0.3, 0.4) is 0 Å². The fourth-order valence-corrected chi connectivity index (χ4v) is 9.98. The second-order valence-corrected chi connectivity index (χ2v) is 17.0. The van der Waals surface area contributed by atoms with Gasteiger partial charge in [0.1, 0.15) is 11.6 Å². The molecule has 0 bridgehead atoms. The van der Waals surface area contributed by atoms with E-state index in [2.05, 4.69) is 45.2 Å². The molecule has 1 spiro atoms. The Hall–Kier alpha value is -4.25. The lowest BCUT2D eigenvalue weighted by molar-refractivity contribution is -0.139. The van der Waals surface area contributed by atoms with Crippen molar-refractivity contribution in [1.82, 2.24) is 20.3 Å². The van der Waals surface area contributed by atoms with Crippen molar-refractivity contribution in [3.63, 3.8) is 0 Å². The number of hydrogen-bond donors (Lipinski definition) is 5. The number of nitrogens with zero attached hydrogens (tertiary/aromatic N) is 3. The van der Waals surface area contributed by atoms with Gasteiger partial charge in [0.2, 0.25) is 5.88 Å². The second-order valence-electron chi connectivity index (χ2n) is 17.0. The van der Waals surface area contributed by atoms with Gasteiger partial charge in [-0.05, 0) is 161 Å². The van der Waals surface area contributed by atoms with Crippen LogP contribution in [0.25, 0.3) is 0 Å². The molecule has 8 rings (SSSR count). The highest BCUT2D eigenvalue weighted by Crippen LogP contribution is 2.62. The molecule has 3 fully saturated rings. The molecule has 3 aromatic heterocycles. The Morgan fingerprint density at radius 2 is 1.49 bits per heavy atom. The van der Waals surface area contributed by atoms with Crippen LogP contribution in [0.2, 0.25) is 0 Å². The number of nitrogens with one attached hydrogen (secondary N) is 3. The molecule has 296 valence electrons. The number of aliphatic carboxylic acids is 2. The van der Waals surface area contributed by atoms with Gasteiger partial charge < -0.3 is 30.9 Å². The van der Waals surface area contributed by atoms with E-state index in [0.717, 1.165) is 99.8 Å². The van der Waals surface area contributed by atoms with Gasteiger partial charge in [-0.1, -0.05) is 18.2 Å². The summed E-state index contributed by atoms with van der Waals surface area (Å²) in [4.78, 5) is 35.9. The van der Waals surface area contributed by atoms with Crippen molar-refractivity contribution >= 4 is 23.6 Å². The molecule has 3 aliphatic carbocycles. The predicted octanol–water partition coefficient (Wildman–Crippen LogP) is 7.45. The fraction of sp³-hybridized carbons (Fsp3) is 0.614. The number of ether oxygens (including phenoxy) is 1. The summed E-state index contributed by atoms with van der Waals surface area (Å²) in [6.07, 6.45) is 19.5. The quantitative estimate of drug-likeness (QED) is 0.0926. The molecule has 1 atom stereocenters. The highest BCUT2D eigenvalue weighted by Gasteiger charge is 2.51. The molecule has 3 aromatic rings. The van der Waals surface area contributed by atoms with Gasteiger partial charge in [0.15, 0.2) is 0 Å². The smallest absolute Gasteiger partial charge is 0.303 e. The van der Waals surface area contributed by atoms with Crippen LogP contribution in [-0.4, -0.2) is 69.9 Å². The number of carboxylic acids is 2. The number of pyridine rings is 3. The van der Waals surface area contributed by atoms with Gasteiger partial charge in [0.25, 0.3) is 0 Å². The number of carboxylic acid groups (broad SMARTS) is 2. The van der Waals surface area contributed by atoms with Crippen molar-refractivity contribution in [2.45, 2.75) is 121 Å². The third-order valence-electron chi connectivity index (χ3n) is 12.9. The third kappa shape index (κ3) is 10.3. The monoisotopic (exact) mass is 752 g/mol. The molecular weight excluding hydrogens is 693 g/mol. The predicted molar refractivity (Wildman–Crippen MR) is 214 cm³/mol. The molecule has 0 aromatic carbocycles. The molecule has 5 heterocycles. The van der Waals surface area contributed by atoms with Crippen LogP contribution in [0.4, 0.5) is 11.6 Å². The molecular formula is C44H60N6O5. The van der Waals surface area contributed by atoms with Gasteiger partial charge in [-0.15, -0.1) is 0 Å². The molecule has 55 heavy (non-hydrogen) atoms. The van der Waals surface area contributed by atoms with E-state index in [0.29, 0.717) is 35.6 Å². The number of rotatable bonds is 16. The average Bonchev–Trinajstić information content (AvgIpc) is 3.15. The Morgan fingerprint density at radius 1 is 0.855 bits per heavy atom. The number of carbonyl (C=O) groups is 2. The number of aryl methyl sites for hydroxylation is 4. The Labute approximate surface area is 325 Å². The number of methoxy groups -OCH3 is 1. The van der Waals surface area contributed by atoms with Crippen LogP contribution in [0, 0.1) is 23.2 Å². The minimum absolute atomic E-state index is 0.00107. The summed E-state index contributed by atoms with van der Waals surface area (Å²) in [7, 11) is 1.58. The van der Waals surface area contributed by atoms with E-state index < -0.39 is 11.9 Å². The lowest BCUT2D eigenvalue weighted by Gasteiger charge is -2.58. The molecule has 3 saturated carbocycles. The topological polar surface area (TPSA) is 159 Å². The lowest BCUT2D eigenvalue weighted by Crippen LogP contribution is -2.47. The summed E-state index contributed by atoms with van der Waals surface area (Å²) in [5.41, 5.74) is 6.66. The second kappa shape index (κ2) is 18.1. The van der Waals surface area contributed by atoms with E-state index in [1.165, 1.54) is 61.8 Å². The Morgan fingerprint density at radius 3 is 2.07 bits per heavy atom. The molecule has 11 nitrogen and oxygen atoms in total. The van der Waals surface area contributed by atoms with Crippen LogP contribution < -0.4 is 20.7 Å². The number of anilines is 2. The van der Waals surface area contributed by atoms with Gasteiger partial charge in [-0.25, -0.2) is 15.0 Å². The number of fused-ring (bicyclic) bond motifs is 2. The maximum Gasteiger partial charge on any atom is 0.303 e. The number of aromatic nitrogens is 3. The Kier molecular flexibility index (Phi) is 12.9. The highest BCUT2D eigenvalue weighted by molar-refractivity contribution is 5.68. The van der Waals surface area contributed by atoms with Crippen molar-refractivity contribution in [3.8, 4) is 5.88 Å².